The number of aromatic nitrogens is 21. The first-order valence-electron chi connectivity index (χ1n) is 43.0. The van der Waals surface area contributed by atoms with Crippen molar-refractivity contribution in [3.05, 3.63) is 353 Å². The molecular weight excluding hydrogens is 2080 g/mol. The summed E-state index contributed by atoms with van der Waals surface area (Å²) >= 11 is 14.0. The van der Waals surface area contributed by atoms with E-state index in [1.54, 1.807) is 116 Å². The standard InChI is InChI=1S/C24H15F3N6O2.C18H15N3OS.C17H12ClN3O.C17H12FN3O.C16H11N3O.C7H4F3N3O.C2H5ClS.Cl2O2S.FH.K/c25-24(26,27)18-2-4-20-21(11-18)33(31-30-20)35-14-34-19-3-1-16-10-23(29-12-17(16)9-19)32-8-6-15-5-7-28-13-22(15)32;1-23-12-22-16-3-2-14-9-18(20-10-15(14)8-16)21-7-5-13-4-6-19-11-17(13)21;2*18-11-22-15-2-1-13-8-17(20-9-14(13)7-15)21-6-4-12-3-5-19-10-16(12)21;20-14-2-1-12-8-16(18-9-13(12)7-14)19-6-4-11-3-5-17-10-15(11)19;8-7(9,10)4-1-2-5-6(3-4)13(14)12-11-5;1-4-2-3;1-5(2,3)4;;/h1-13H,14H2;2-11H,12H2,1H3;2*1-10H,11H2;1-10,20H;1-3,14H;2H2,1H3;;1H;/q;;;;;;;;;+1/p-1/i;;;18-1;;;;;1-1;. The van der Waals surface area contributed by atoms with Crippen molar-refractivity contribution in [2.24, 2.45) is 0 Å². The summed E-state index contributed by atoms with van der Waals surface area (Å²) in [5, 5.41) is 48.9. The molecule has 0 aliphatic carbocycles. The summed E-state index contributed by atoms with van der Waals surface area (Å²) in [5.74, 6) is 7.68. The zero-order valence-corrected chi connectivity index (χ0v) is 85.4. The number of ether oxygens (including phenoxy) is 4. The molecule has 24 aromatic rings. The smallest absolute Gasteiger partial charge is 1.00 e. The maximum Gasteiger partial charge on any atom is 1.00 e. The Hall–Kier alpha value is -14.7. The van der Waals surface area contributed by atoms with Crippen LogP contribution in [0.5, 0.6) is 28.7 Å². The second kappa shape index (κ2) is 48.6. The third-order valence-electron chi connectivity index (χ3n) is 21.9. The Morgan fingerprint density at radius 3 is 1.01 bits per heavy atom. The summed E-state index contributed by atoms with van der Waals surface area (Å²) < 4.78 is 138. The Morgan fingerprint density at radius 1 is 0.361 bits per heavy atom. The van der Waals surface area contributed by atoms with Gasteiger partial charge in [-0.2, -0.15) is 34.8 Å². The molecule has 0 saturated heterocycles. The number of thioether (sulfide) groups is 2. The van der Waals surface area contributed by atoms with Gasteiger partial charge < -0.3 is 38.8 Å². The van der Waals surface area contributed by atoms with Crippen LogP contribution in [0, 0.1) is 0 Å². The van der Waals surface area contributed by atoms with E-state index in [9.17, 15) is 35.8 Å². The molecule has 17 heterocycles. The van der Waals surface area contributed by atoms with Gasteiger partial charge in [0.1, 0.15) is 85.8 Å². The molecule has 7 aromatic carbocycles. The van der Waals surface area contributed by atoms with E-state index in [0.717, 1.165) is 184 Å². The molecule has 0 unspecified atom stereocenters. The third kappa shape index (κ3) is 26.4. The fraction of sp³-hybridized carbons (Fsp3) is 0.0891. The number of benzene rings is 7. The molecule has 0 radical (unpaired) electrons. The van der Waals surface area contributed by atoms with Crippen molar-refractivity contribution < 1.29 is 129 Å². The summed E-state index contributed by atoms with van der Waals surface area (Å²) in [7, 11) is 4.81. The minimum atomic E-state index is -4.48. The van der Waals surface area contributed by atoms with Crippen LogP contribution in [-0.4, -0.2) is 165 Å². The van der Waals surface area contributed by atoms with Crippen molar-refractivity contribution in [1.29, 1.82) is 0 Å². The minimum Gasteiger partial charge on any atom is -1.00 e. The SMILES string of the molecule is CSCCl.CSCOc1ccc2cc(-n3ccc4ccncc43)ncc2c1.ClCOc1ccc2cc(-n3ccc4ccncc43)ncc2c1.FC(F)(F)c1ccc2nnn(OCOc3ccc4cc(-n5ccc6ccncc65)ncc4c3)c2c1.O=S(=O)(Cl)Cl.Oc1ccc2cc(-n3ccc4ccncc43)ncc2c1.On1nnc2ccc(C(F)(F)F)cc21.[18F-].[18F]COc1ccc2cc(-n3ccc4ccncc43)ncc2c1.[K+]. The predicted molar refractivity (Wildman–Crippen MR) is 550 cm³/mol. The van der Waals surface area contributed by atoms with Crippen LogP contribution in [0.4, 0.5) is 30.7 Å². The van der Waals surface area contributed by atoms with Crippen LogP contribution in [0.15, 0.2) is 342 Å². The molecule has 147 heavy (non-hydrogen) atoms. The van der Waals surface area contributed by atoms with Gasteiger partial charge in [-0.05, 0) is 238 Å². The van der Waals surface area contributed by atoms with Gasteiger partial charge in [-0.3, -0.25) is 47.8 Å². The van der Waals surface area contributed by atoms with Gasteiger partial charge in [-0.25, -0.2) is 29.3 Å². The van der Waals surface area contributed by atoms with E-state index in [2.05, 4.69) is 121 Å². The monoisotopic (exact) mass is 2150 g/mol. The molecule has 46 heteroatoms. The summed E-state index contributed by atoms with van der Waals surface area (Å²) in [4.78, 5) is 50.2. The molecule has 0 bridgehead atoms. The number of hydrogen-bond donors (Lipinski definition) is 2. The van der Waals surface area contributed by atoms with Crippen LogP contribution in [-0.2, 0) is 20.6 Å². The van der Waals surface area contributed by atoms with Crippen LogP contribution < -0.4 is 79.9 Å². The topological polar surface area (TPSA) is 336 Å². The van der Waals surface area contributed by atoms with E-state index in [4.69, 9.17) is 60.6 Å². The Morgan fingerprint density at radius 2 is 0.673 bits per heavy atom. The van der Waals surface area contributed by atoms with E-state index in [1.165, 1.54) is 6.07 Å². The summed E-state index contributed by atoms with van der Waals surface area (Å²) in [6.07, 6.45) is 32.0. The summed E-state index contributed by atoms with van der Waals surface area (Å²) in [5.41, 5.74) is 3.93. The fourth-order valence-corrected chi connectivity index (χ4v) is 15.5. The minimum absolute atomic E-state index is 0. The number of alkyl halides is 9. The normalized spacial score (nSPS) is 11.2. The molecule has 17 aromatic heterocycles. The van der Waals surface area contributed by atoms with Crippen LogP contribution in [0.3, 0.4) is 0 Å². The molecule has 0 fully saturated rings. The van der Waals surface area contributed by atoms with Crippen molar-refractivity contribution in [3.63, 3.8) is 0 Å². The summed E-state index contributed by atoms with van der Waals surface area (Å²) in [6, 6.07) is 64.3. The maximum atomic E-state index is 13.0. The first-order chi connectivity index (χ1) is 70.2. The number of phenols is 1. The van der Waals surface area contributed by atoms with Gasteiger partial charge in [0.25, 0.3) is 6.79 Å². The van der Waals surface area contributed by atoms with Crippen molar-refractivity contribution in [1.82, 2.24) is 103 Å². The maximum absolute atomic E-state index is 13.0. The Kier molecular flexibility index (Phi) is 35.2. The molecule has 0 saturated carbocycles. The van der Waals surface area contributed by atoms with Gasteiger partial charge in [-0.1, -0.05) is 51.6 Å². The van der Waals surface area contributed by atoms with Gasteiger partial charge in [0, 0.05) is 168 Å². The number of rotatable bonds is 17. The number of hydrogen-bond acceptors (Lipinski definition) is 25. The average molecular weight is 2150 g/mol. The van der Waals surface area contributed by atoms with Crippen LogP contribution >= 0.6 is 68.1 Å². The van der Waals surface area contributed by atoms with Crippen molar-refractivity contribution >= 4 is 207 Å². The zero-order chi connectivity index (χ0) is 101. The van der Waals surface area contributed by atoms with Crippen molar-refractivity contribution in [3.8, 4) is 57.8 Å². The number of nitrogens with zero attached hydrogens (tertiary/aromatic N) is 21. The molecule has 24 rings (SSSR count). The fourth-order valence-electron chi connectivity index (χ4n) is 15.1. The Labute approximate surface area is 897 Å². The molecule has 0 spiro atoms. The van der Waals surface area contributed by atoms with Gasteiger partial charge in [0.2, 0.25) is 6.86 Å². The number of aromatic hydroxyl groups is 1. The largest absolute Gasteiger partial charge is 1.00 e. The molecule has 2 N–H and O–H groups in total. The van der Waals surface area contributed by atoms with Gasteiger partial charge in [0.05, 0.1) is 74.9 Å². The number of fused-ring (bicyclic) bond motifs is 12. The molecule has 0 aliphatic rings. The molecule has 30 nitrogen and oxygen atoms in total. The van der Waals surface area contributed by atoms with Gasteiger partial charge in [0.15, 0.2) is 6.07 Å². The quantitative estimate of drug-likeness (QED) is 0.0213. The average Bonchev–Trinajstić information content (AvgIpc) is 1.68. The van der Waals surface area contributed by atoms with Crippen LogP contribution in [0.1, 0.15) is 11.1 Å². The molecule has 0 aliphatic heterocycles. The van der Waals surface area contributed by atoms with E-state index in [0.29, 0.717) is 27.5 Å². The van der Waals surface area contributed by atoms with Crippen LogP contribution in [0.25, 0.3) is 160 Å². The van der Waals surface area contributed by atoms with E-state index in [-0.39, 0.29) is 96.8 Å². The second-order valence-corrected chi connectivity index (χ2v) is 37.1. The number of phenolic OH excluding ortho intramolecular Hbond substituents is 1. The summed E-state index contributed by atoms with van der Waals surface area (Å²) in [6.45, 7) is -1.12. The van der Waals surface area contributed by atoms with Gasteiger partial charge in [-0.15, -0.1) is 45.3 Å². The molecular formula is C101H74Cl4F8KN21O9S3. The zero-order valence-electron chi connectivity index (χ0n) is 76.8. The van der Waals surface area contributed by atoms with Crippen molar-refractivity contribution in [2.75, 3.05) is 43.4 Å². The first kappa shape index (κ1) is 107. The van der Waals surface area contributed by atoms with Gasteiger partial charge >= 0.3 is 72.0 Å². The second-order valence-electron chi connectivity index (χ2n) is 30.9. The Bertz CT molecular complexity index is 8700. The van der Waals surface area contributed by atoms with Crippen molar-refractivity contribution in [2.45, 2.75) is 12.4 Å². The molecule has 740 valence electrons. The molecule has 0 atom stereocenters. The van der Waals surface area contributed by atoms with E-state index < -0.39 is 38.6 Å². The molecule has 0 amide bonds. The van der Waals surface area contributed by atoms with E-state index >= 15 is 0 Å². The number of pyridine rings is 10. The third-order valence-corrected chi connectivity index (χ3v) is 23.2. The number of halogens is 12. The predicted octanol–water partition coefficient (Wildman–Crippen LogP) is 18.3. The Balaban J connectivity index is 0.000000132. The van der Waals surface area contributed by atoms with E-state index in [1.807, 2.05) is 220 Å². The van der Waals surface area contributed by atoms with Crippen LogP contribution in [0.2, 0.25) is 0 Å². The first-order valence-corrected chi connectivity index (χ1v) is 50.0.